The van der Waals surface area contributed by atoms with E-state index in [-0.39, 0.29) is 5.60 Å². The zero-order valence-electron chi connectivity index (χ0n) is 14.3. The first-order chi connectivity index (χ1) is 11.8. The first-order valence-corrected chi connectivity index (χ1v) is 8.96. The van der Waals surface area contributed by atoms with Gasteiger partial charge >= 0.3 is 0 Å². The van der Waals surface area contributed by atoms with Crippen LogP contribution in [0.15, 0.2) is 23.4 Å². The fourth-order valence-electron chi connectivity index (χ4n) is 3.78. The van der Waals surface area contributed by atoms with Crippen LogP contribution in [0.3, 0.4) is 0 Å². The highest BCUT2D eigenvalue weighted by Crippen LogP contribution is 2.37. The Balaban J connectivity index is 1.49. The van der Waals surface area contributed by atoms with Crippen LogP contribution >= 0.6 is 0 Å². The molecule has 2 heterocycles. The van der Waals surface area contributed by atoms with Gasteiger partial charge in [0.2, 0.25) is 0 Å². The lowest BCUT2D eigenvalue weighted by molar-refractivity contribution is -0.0237. The van der Waals surface area contributed by atoms with Gasteiger partial charge in [0, 0.05) is 18.4 Å². The molecule has 1 aliphatic carbocycles. The largest absolute Gasteiger partial charge is 0.493 e. The Hall–Kier alpha value is -1.75. The number of benzene rings is 1. The fraction of sp³-hybridized carbons (Fsp3) is 0.632. The summed E-state index contributed by atoms with van der Waals surface area (Å²) in [6, 6.07) is 6.06. The van der Waals surface area contributed by atoms with Crippen LogP contribution in [0.25, 0.3) is 0 Å². The molecule has 130 valence electrons. The van der Waals surface area contributed by atoms with Gasteiger partial charge in [0.1, 0.15) is 0 Å². The molecule has 1 aromatic carbocycles. The van der Waals surface area contributed by atoms with Crippen molar-refractivity contribution in [2.24, 2.45) is 5.16 Å². The van der Waals surface area contributed by atoms with Gasteiger partial charge in [-0.2, -0.15) is 0 Å². The van der Waals surface area contributed by atoms with Gasteiger partial charge in [-0.15, -0.1) is 0 Å². The minimum atomic E-state index is -0.250. The van der Waals surface area contributed by atoms with Crippen LogP contribution in [0.2, 0.25) is 0 Å². The zero-order valence-corrected chi connectivity index (χ0v) is 14.3. The number of methoxy groups -OCH3 is 1. The molecule has 0 radical (unpaired) electrons. The van der Waals surface area contributed by atoms with Gasteiger partial charge in [0.25, 0.3) is 0 Å². The van der Waals surface area contributed by atoms with Crippen molar-refractivity contribution in [3.05, 3.63) is 23.8 Å². The van der Waals surface area contributed by atoms with E-state index in [0.29, 0.717) is 12.7 Å². The van der Waals surface area contributed by atoms with Crippen LogP contribution in [-0.4, -0.2) is 37.7 Å². The van der Waals surface area contributed by atoms with E-state index in [4.69, 9.17) is 19.0 Å². The summed E-state index contributed by atoms with van der Waals surface area (Å²) in [6.07, 6.45) is 8.10. The number of nitrogens with zero attached hydrogens (tertiary/aromatic N) is 1. The monoisotopic (exact) mass is 331 g/mol. The average Bonchev–Trinajstić information content (AvgIpc) is 3.26. The summed E-state index contributed by atoms with van der Waals surface area (Å²) in [5, 5.41) is 4.30. The summed E-state index contributed by atoms with van der Waals surface area (Å²) in [4.78, 5) is 5.68. The smallest absolute Gasteiger partial charge is 0.168 e. The molecule has 1 unspecified atom stereocenters. The van der Waals surface area contributed by atoms with E-state index in [9.17, 15) is 0 Å². The summed E-state index contributed by atoms with van der Waals surface area (Å²) in [7, 11) is 1.69. The van der Waals surface area contributed by atoms with E-state index in [1.165, 1.54) is 19.3 Å². The van der Waals surface area contributed by atoms with E-state index in [2.05, 4.69) is 11.2 Å². The lowest BCUT2D eigenvalue weighted by atomic mass is 9.93. The van der Waals surface area contributed by atoms with Crippen molar-refractivity contribution >= 4 is 5.71 Å². The molecule has 1 atom stereocenters. The van der Waals surface area contributed by atoms with Crippen LogP contribution in [0, 0.1) is 0 Å². The Morgan fingerprint density at radius 1 is 1.17 bits per heavy atom. The third-order valence-corrected chi connectivity index (χ3v) is 5.25. The summed E-state index contributed by atoms with van der Waals surface area (Å²) in [6.45, 7) is 1.38. The van der Waals surface area contributed by atoms with E-state index in [1.54, 1.807) is 7.11 Å². The molecule has 5 nitrogen and oxygen atoms in total. The highest BCUT2D eigenvalue weighted by atomic mass is 16.7. The van der Waals surface area contributed by atoms with Crippen LogP contribution in [0.4, 0.5) is 0 Å². The van der Waals surface area contributed by atoms with Crippen molar-refractivity contribution in [3.8, 4) is 11.5 Å². The number of hydrogen-bond acceptors (Lipinski definition) is 5. The summed E-state index contributed by atoms with van der Waals surface area (Å²) < 4.78 is 17.2. The number of ether oxygens (including phenoxy) is 3. The van der Waals surface area contributed by atoms with Crippen molar-refractivity contribution in [1.82, 2.24) is 0 Å². The van der Waals surface area contributed by atoms with Crippen LogP contribution < -0.4 is 9.47 Å². The van der Waals surface area contributed by atoms with E-state index >= 15 is 0 Å². The van der Waals surface area contributed by atoms with Crippen molar-refractivity contribution in [1.29, 1.82) is 0 Å². The van der Waals surface area contributed by atoms with E-state index in [1.807, 2.05) is 12.1 Å². The van der Waals surface area contributed by atoms with Crippen LogP contribution in [-0.2, 0) is 9.57 Å². The fourth-order valence-corrected chi connectivity index (χ4v) is 3.78. The second-order valence-electron chi connectivity index (χ2n) is 7.04. The molecule has 1 spiro atoms. The lowest BCUT2D eigenvalue weighted by Gasteiger charge is -2.24. The van der Waals surface area contributed by atoms with Gasteiger partial charge in [-0.3, -0.25) is 0 Å². The van der Waals surface area contributed by atoms with Crippen molar-refractivity contribution in [3.63, 3.8) is 0 Å². The first kappa shape index (κ1) is 15.8. The third kappa shape index (κ3) is 3.09. The van der Waals surface area contributed by atoms with Crippen molar-refractivity contribution in [2.45, 2.75) is 56.7 Å². The Bertz CT molecular complexity index is 616. The summed E-state index contributed by atoms with van der Waals surface area (Å²) in [5.74, 6) is 1.59. The minimum Gasteiger partial charge on any atom is -0.493 e. The van der Waals surface area contributed by atoms with Crippen LogP contribution in [0.5, 0.6) is 11.5 Å². The SMILES string of the molecule is COc1cc(C2=NOC3(CCOC3)C2)ccc1OC1CCCCC1. The molecule has 2 aliphatic heterocycles. The van der Waals surface area contributed by atoms with Gasteiger partial charge in [-0.1, -0.05) is 11.6 Å². The topological polar surface area (TPSA) is 49.3 Å². The standard InChI is InChI=1S/C19H25NO4/c1-21-18-11-14(16-12-19(24-20-16)9-10-22-13-19)7-8-17(18)23-15-5-3-2-4-6-15/h7-8,11,15H,2-6,9-10,12-13H2,1H3. The Kier molecular flexibility index (Phi) is 4.35. The van der Waals surface area contributed by atoms with Crippen molar-refractivity contribution in [2.75, 3.05) is 20.3 Å². The van der Waals surface area contributed by atoms with Gasteiger partial charge in [0.05, 0.1) is 32.1 Å². The zero-order chi connectivity index (χ0) is 16.4. The molecule has 3 aliphatic rings. The summed E-state index contributed by atoms with van der Waals surface area (Å²) in [5.41, 5.74) is 1.74. The molecule has 0 N–H and O–H groups in total. The predicted octanol–water partition coefficient (Wildman–Crippen LogP) is 3.69. The summed E-state index contributed by atoms with van der Waals surface area (Å²) >= 11 is 0. The van der Waals surface area contributed by atoms with Crippen molar-refractivity contribution < 1.29 is 19.0 Å². The second kappa shape index (κ2) is 6.63. The highest BCUT2D eigenvalue weighted by Gasteiger charge is 2.43. The highest BCUT2D eigenvalue weighted by molar-refractivity contribution is 6.02. The Labute approximate surface area is 142 Å². The number of hydrogen-bond donors (Lipinski definition) is 0. The molecule has 1 aromatic rings. The molecular weight excluding hydrogens is 306 g/mol. The normalized spacial score (nSPS) is 27.1. The maximum atomic E-state index is 6.17. The molecule has 2 fully saturated rings. The molecule has 24 heavy (non-hydrogen) atoms. The minimum absolute atomic E-state index is 0.250. The molecule has 1 saturated heterocycles. The maximum Gasteiger partial charge on any atom is 0.168 e. The molecule has 1 saturated carbocycles. The lowest BCUT2D eigenvalue weighted by Crippen LogP contribution is -2.29. The van der Waals surface area contributed by atoms with Gasteiger partial charge in [-0.05, 0) is 43.9 Å². The van der Waals surface area contributed by atoms with Crippen LogP contribution in [0.1, 0.15) is 50.5 Å². The quantitative estimate of drug-likeness (QED) is 0.844. The predicted molar refractivity (Wildman–Crippen MR) is 90.9 cm³/mol. The number of rotatable bonds is 4. The Morgan fingerprint density at radius 2 is 2.04 bits per heavy atom. The number of oxime groups is 1. The van der Waals surface area contributed by atoms with Gasteiger partial charge in [0.15, 0.2) is 17.1 Å². The van der Waals surface area contributed by atoms with Gasteiger partial charge in [-0.25, -0.2) is 0 Å². The molecule has 0 bridgehead atoms. The average molecular weight is 331 g/mol. The third-order valence-electron chi connectivity index (χ3n) is 5.25. The Morgan fingerprint density at radius 3 is 2.79 bits per heavy atom. The van der Waals surface area contributed by atoms with E-state index in [0.717, 1.165) is 55.1 Å². The van der Waals surface area contributed by atoms with E-state index < -0.39 is 0 Å². The molecule has 5 heteroatoms. The maximum absolute atomic E-state index is 6.17. The molecular formula is C19H25NO4. The molecule has 0 aromatic heterocycles. The molecule has 0 amide bonds. The van der Waals surface area contributed by atoms with Gasteiger partial charge < -0.3 is 19.0 Å². The molecule has 4 rings (SSSR count). The first-order valence-electron chi connectivity index (χ1n) is 8.96. The second-order valence-corrected chi connectivity index (χ2v) is 7.04.